The van der Waals surface area contributed by atoms with Crippen molar-refractivity contribution in [2.45, 2.75) is 32.6 Å². The fourth-order valence-corrected chi connectivity index (χ4v) is 3.07. The largest absolute Gasteiger partial charge is 0.144 e. The van der Waals surface area contributed by atoms with Crippen molar-refractivity contribution < 1.29 is 0 Å². The summed E-state index contributed by atoms with van der Waals surface area (Å²) in [6.45, 7) is 2.25. The minimum atomic E-state index is 1.14. The number of halogens is 1. The topological polar surface area (TPSA) is 0 Å². The van der Waals surface area contributed by atoms with Gasteiger partial charge in [-0.3, -0.25) is 0 Å². The normalized spacial score (nSPS) is 10.7. The smallest absolute Gasteiger partial charge is 0.0345 e. The molecule has 0 aliphatic rings. The number of hydrogen-bond acceptors (Lipinski definition) is 1. The number of benzene rings is 1. The van der Waals surface area contributed by atoms with Gasteiger partial charge in [0, 0.05) is 9.35 Å². The van der Waals surface area contributed by atoms with E-state index in [2.05, 4.69) is 58.6 Å². The van der Waals surface area contributed by atoms with Crippen LogP contribution in [0.25, 0.3) is 10.4 Å². The molecule has 0 spiro atoms. The van der Waals surface area contributed by atoms with Crippen LogP contribution >= 0.6 is 27.3 Å². The number of rotatable bonds is 5. The molecule has 0 radical (unpaired) electrons. The lowest BCUT2D eigenvalue weighted by atomic mass is 10.1. The van der Waals surface area contributed by atoms with E-state index >= 15 is 0 Å². The van der Waals surface area contributed by atoms with E-state index in [1.54, 1.807) is 0 Å². The summed E-state index contributed by atoms with van der Waals surface area (Å²) < 4.78 is 1.14. The first-order valence-corrected chi connectivity index (χ1v) is 7.80. The molecule has 0 saturated heterocycles. The first-order valence-electron chi connectivity index (χ1n) is 6.13. The Morgan fingerprint density at radius 3 is 2.59 bits per heavy atom. The van der Waals surface area contributed by atoms with Gasteiger partial charge in [-0.25, -0.2) is 0 Å². The zero-order valence-electron chi connectivity index (χ0n) is 10.1. The van der Waals surface area contributed by atoms with Crippen molar-refractivity contribution in [2.75, 3.05) is 0 Å². The third-order valence-corrected chi connectivity index (χ3v) is 4.41. The van der Waals surface area contributed by atoms with Crippen molar-refractivity contribution >= 4 is 27.3 Å². The van der Waals surface area contributed by atoms with Gasteiger partial charge in [0.05, 0.1) is 0 Å². The molecule has 2 heteroatoms. The molecule has 0 saturated carbocycles. The van der Waals surface area contributed by atoms with E-state index in [-0.39, 0.29) is 0 Å². The van der Waals surface area contributed by atoms with Crippen LogP contribution in [0.2, 0.25) is 0 Å². The molecule has 17 heavy (non-hydrogen) atoms. The maximum atomic E-state index is 3.47. The second-order valence-corrected chi connectivity index (χ2v) is 6.11. The SMILES string of the molecule is CCCCCc1csc(-c2ccc(Br)cc2)c1. The molecule has 0 amide bonds. The van der Waals surface area contributed by atoms with Crippen LogP contribution in [0.3, 0.4) is 0 Å². The lowest BCUT2D eigenvalue weighted by molar-refractivity contribution is 0.718. The second kappa shape index (κ2) is 6.36. The van der Waals surface area contributed by atoms with Crippen LogP contribution in [-0.4, -0.2) is 0 Å². The highest BCUT2D eigenvalue weighted by Crippen LogP contribution is 2.28. The third kappa shape index (κ3) is 3.68. The van der Waals surface area contributed by atoms with E-state index in [1.165, 1.54) is 41.7 Å². The highest BCUT2D eigenvalue weighted by molar-refractivity contribution is 9.10. The summed E-state index contributed by atoms with van der Waals surface area (Å²) in [5.41, 5.74) is 2.81. The third-order valence-electron chi connectivity index (χ3n) is 2.85. The Bertz CT molecular complexity index is 456. The Hall–Kier alpha value is -0.600. The molecular weight excluding hydrogens is 292 g/mol. The van der Waals surface area contributed by atoms with Gasteiger partial charge in [0.25, 0.3) is 0 Å². The van der Waals surface area contributed by atoms with Gasteiger partial charge in [-0.1, -0.05) is 47.8 Å². The predicted molar refractivity (Wildman–Crippen MR) is 80.7 cm³/mol. The van der Waals surface area contributed by atoms with Crippen molar-refractivity contribution in [3.05, 3.63) is 45.7 Å². The quantitative estimate of drug-likeness (QED) is 0.602. The van der Waals surface area contributed by atoms with Gasteiger partial charge in [-0.15, -0.1) is 11.3 Å². The minimum Gasteiger partial charge on any atom is -0.144 e. The van der Waals surface area contributed by atoms with Crippen LogP contribution in [0.15, 0.2) is 40.2 Å². The van der Waals surface area contributed by atoms with Gasteiger partial charge >= 0.3 is 0 Å². The molecule has 0 N–H and O–H groups in total. The molecule has 1 aromatic heterocycles. The summed E-state index contributed by atoms with van der Waals surface area (Å²) in [5, 5.41) is 2.30. The van der Waals surface area contributed by atoms with Crippen LogP contribution in [0.5, 0.6) is 0 Å². The van der Waals surface area contributed by atoms with Gasteiger partial charge in [-0.05, 0) is 47.5 Å². The van der Waals surface area contributed by atoms with Crippen LogP contribution < -0.4 is 0 Å². The molecule has 0 fully saturated rings. The summed E-state index contributed by atoms with van der Waals surface area (Å²) in [4.78, 5) is 1.38. The first-order chi connectivity index (χ1) is 8.29. The monoisotopic (exact) mass is 308 g/mol. The van der Waals surface area contributed by atoms with E-state index in [0.29, 0.717) is 0 Å². The molecule has 0 aliphatic heterocycles. The molecule has 0 aliphatic carbocycles. The van der Waals surface area contributed by atoms with E-state index in [0.717, 1.165) is 4.47 Å². The minimum absolute atomic E-state index is 1.14. The summed E-state index contributed by atoms with van der Waals surface area (Å²) in [6, 6.07) is 10.9. The van der Waals surface area contributed by atoms with Crippen molar-refractivity contribution in [1.82, 2.24) is 0 Å². The molecular formula is C15H17BrS. The Kier molecular flexibility index (Phi) is 4.81. The lowest BCUT2D eigenvalue weighted by Crippen LogP contribution is -1.81. The zero-order chi connectivity index (χ0) is 12.1. The Morgan fingerprint density at radius 2 is 1.88 bits per heavy atom. The molecule has 0 atom stereocenters. The molecule has 1 aromatic carbocycles. The van der Waals surface area contributed by atoms with Crippen LogP contribution in [0.1, 0.15) is 31.7 Å². The van der Waals surface area contributed by atoms with E-state index in [4.69, 9.17) is 0 Å². The second-order valence-electron chi connectivity index (χ2n) is 4.28. The number of hydrogen-bond donors (Lipinski definition) is 0. The van der Waals surface area contributed by atoms with Gasteiger partial charge in [0.15, 0.2) is 0 Å². The lowest BCUT2D eigenvalue weighted by Gasteiger charge is -1.97. The van der Waals surface area contributed by atoms with Crippen molar-refractivity contribution in [1.29, 1.82) is 0 Å². The predicted octanol–water partition coefficient (Wildman–Crippen LogP) is 5.91. The van der Waals surface area contributed by atoms with Crippen LogP contribution in [0.4, 0.5) is 0 Å². The Morgan fingerprint density at radius 1 is 1.12 bits per heavy atom. The van der Waals surface area contributed by atoms with E-state index < -0.39 is 0 Å². The fourth-order valence-electron chi connectivity index (χ4n) is 1.85. The van der Waals surface area contributed by atoms with Crippen molar-refractivity contribution in [2.24, 2.45) is 0 Å². The summed E-state index contributed by atoms with van der Waals surface area (Å²) >= 11 is 5.32. The maximum absolute atomic E-state index is 3.47. The fraction of sp³-hybridized carbons (Fsp3) is 0.333. The molecule has 2 aromatic rings. The summed E-state index contributed by atoms with van der Waals surface area (Å²) in [7, 11) is 0. The average Bonchev–Trinajstić information content (AvgIpc) is 2.79. The first kappa shape index (κ1) is 12.8. The van der Waals surface area contributed by atoms with Gasteiger partial charge < -0.3 is 0 Å². The van der Waals surface area contributed by atoms with Crippen LogP contribution in [-0.2, 0) is 6.42 Å². The molecule has 0 bridgehead atoms. The van der Waals surface area contributed by atoms with Gasteiger partial charge in [0.2, 0.25) is 0 Å². The van der Waals surface area contributed by atoms with Crippen LogP contribution in [0, 0.1) is 0 Å². The summed E-state index contributed by atoms with van der Waals surface area (Å²) in [6.07, 6.45) is 5.17. The van der Waals surface area contributed by atoms with E-state index in [1.807, 2.05) is 11.3 Å². The van der Waals surface area contributed by atoms with Gasteiger partial charge in [-0.2, -0.15) is 0 Å². The molecule has 0 nitrogen and oxygen atoms in total. The number of aryl methyl sites for hydroxylation is 1. The highest BCUT2D eigenvalue weighted by Gasteiger charge is 2.02. The zero-order valence-corrected chi connectivity index (χ0v) is 12.5. The number of unbranched alkanes of at least 4 members (excludes halogenated alkanes) is 2. The van der Waals surface area contributed by atoms with E-state index in [9.17, 15) is 0 Å². The number of thiophene rings is 1. The molecule has 2 rings (SSSR count). The average molecular weight is 309 g/mol. The highest BCUT2D eigenvalue weighted by atomic mass is 79.9. The summed E-state index contributed by atoms with van der Waals surface area (Å²) in [5.74, 6) is 0. The molecule has 90 valence electrons. The Labute approximate surface area is 116 Å². The maximum Gasteiger partial charge on any atom is 0.0345 e. The molecule has 1 heterocycles. The Balaban J connectivity index is 2.04. The standard InChI is InChI=1S/C15H17BrS/c1-2-3-4-5-12-10-15(17-11-12)13-6-8-14(16)9-7-13/h6-11H,2-5H2,1H3. The van der Waals surface area contributed by atoms with Crippen molar-refractivity contribution in [3.8, 4) is 10.4 Å². The van der Waals surface area contributed by atoms with Gasteiger partial charge in [0.1, 0.15) is 0 Å². The van der Waals surface area contributed by atoms with Crippen molar-refractivity contribution in [3.63, 3.8) is 0 Å². The molecule has 0 unspecified atom stereocenters.